The van der Waals surface area contributed by atoms with Crippen LogP contribution in [0.3, 0.4) is 0 Å². The fourth-order valence-corrected chi connectivity index (χ4v) is 12.0. The van der Waals surface area contributed by atoms with E-state index in [0.717, 1.165) is 55.7 Å². The molecule has 0 unspecified atom stereocenters. The maximum Gasteiger partial charge on any atom is 0.0979 e. The van der Waals surface area contributed by atoms with Crippen molar-refractivity contribution in [3.8, 4) is 45.0 Å². The third kappa shape index (κ3) is 5.40. The molecular weight excluding hydrogens is 837 g/mol. The van der Waals surface area contributed by atoms with Gasteiger partial charge in [-0.1, -0.05) is 159 Å². The predicted molar refractivity (Wildman–Crippen MR) is 289 cm³/mol. The molecule has 0 saturated carbocycles. The van der Waals surface area contributed by atoms with E-state index in [-0.39, 0.29) is 5.41 Å². The van der Waals surface area contributed by atoms with Gasteiger partial charge >= 0.3 is 0 Å². The summed E-state index contributed by atoms with van der Waals surface area (Å²) < 4.78 is 4.91. The molecule has 0 radical (unpaired) electrons. The average molecular weight is 879 g/mol. The topological polar surface area (TPSA) is 35.6 Å². The number of hydrogen-bond acceptors (Lipinski definition) is 2. The van der Waals surface area contributed by atoms with Crippen molar-refractivity contribution in [3.05, 3.63) is 230 Å². The highest BCUT2D eigenvalue weighted by Crippen LogP contribution is 2.50. The van der Waals surface area contributed by atoms with Gasteiger partial charge in [0.1, 0.15) is 0 Å². The molecule has 0 bridgehead atoms. The summed E-state index contributed by atoms with van der Waals surface area (Å²) in [6, 6.07) is 80.0. The minimum absolute atomic E-state index is 0.140. The van der Waals surface area contributed by atoms with Crippen molar-refractivity contribution in [1.82, 2.24) is 19.1 Å². The first kappa shape index (κ1) is 38.3. The Hall–Kier alpha value is -8.86. The predicted octanol–water partition coefficient (Wildman–Crippen LogP) is 16.9. The first-order valence-electron chi connectivity index (χ1n) is 23.9. The standard InChI is InChI=1S/C65H42N4/c1-65(2)53-22-10-7-18-46(53)47-31-28-41(37-54(47)65)63-64(67-56-24-12-11-23-55(56)66-63)50-32-34-59(48-19-6-5-17-45(48)50)69-57-25-13-8-20-49(57)52-36-42-35-43(30-27-40(42)38-61(52)69)68-58-26-14-9-21-51(58)62-44-16-4-3-15-39(44)29-33-60(62)68/h3-38H,1-2H3. The molecule has 0 amide bonds. The monoisotopic (exact) mass is 878 g/mol. The van der Waals surface area contributed by atoms with E-state index in [9.17, 15) is 0 Å². The van der Waals surface area contributed by atoms with Gasteiger partial charge in [0.25, 0.3) is 0 Å². The van der Waals surface area contributed by atoms with Gasteiger partial charge in [-0.2, -0.15) is 0 Å². The van der Waals surface area contributed by atoms with Crippen LogP contribution in [0.15, 0.2) is 218 Å². The van der Waals surface area contributed by atoms with Gasteiger partial charge in [0.15, 0.2) is 0 Å². The van der Waals surface area contributed by atoms with E-state index in [1.165, 1.54) is 87.4 Å². The van der Waals surface area contributed by atoms with Gasteiger partial charge in [0.2, 0.25) is 0 Å². The van der Waals surface area contributed by atoms with Gasteiger partial charge in [0, 0.05) is 49.2 Å². The second kappa shape index (κ2) is 14.1. The van der Waals surface area contributed by atoms with Gasteiger partial charge in [-0.15, -0.1) is 0 Å². The third-order valence-electron chi connectivity index (χ3n) is 15.3. The van der Waals surface area contributed by atoms with Gasteiger partial charge in [-0.05, 0) is 122 Å². The highest BCUT2D eigenvalue weighted by molar-refractivity contribution is 6.22. The molecule has 3 heterocycles. The van der Waals surface area contributed by atoms with Crippen LogP contribution in [0.2, 0.25) is 0 Å². The van der Waals surface area contributed by atoms with Gasteiger partial charge in [0.05, 0.1) is 50.2 Å². The van der Waals surface area contributed by atoms with Crippen LogP contribution in [0.25, 0.3) is 132 Å². The quantitative estimate of drug-likeness (QED) is 0.177. The molecule has 1 aliphatic carbocycles. The Balaban J connectivity index is 0.919. The van der Waals surface area contributed by atoms with Crippen molar-refractivity contribution in [2.24, 2.45) is 0 Å². The van der Waals surface area contributed by atoms with E-state index in [2.05, 4.69) is 235 Å². The molecule has 4 nitrogen and oxygen atoms in total. The summed E-state index contributed by atoms with van der Waals surface area (Å²) in [7, 11) is 0. The van der Waals surface area contributed by atoms with Gasteiger partial charge < -0.3 is 9.13 Å². The molecular formula is C65H42N4. The Bertz CT molecular complexity index is 4530. The zero-order valence-electron chi connectivity index (χ0n) is 38.1. The highest BCUT2D eigenvalue weighted by Gasteiger charge is 2.35. The molecule has 0 spiro atoms. The molecule has 14 aromatic rings. The molecule has 3 aromatic heterocycles. The Morgan fingerprint density at radius 1 is 0.348 bits per heavy atom. The average Bonchev–Trinajstić information content (AvgIpc) is 3.99. The van der Waals surface area contributed by atoms with E-state index in [4.69, 9.17) is 9.97 Å². The van der Waals surface area contributed by atoms with Crippen molar-refractivity contribution >= 4 is 87.0 Å². The summed E-state index contributed by atoms with van der Waals surface area (Å²) >= 11 is 0. The van der Waals surface area contributed by atoms with E-state index >= 15 is 0 Å². The summed E-state index contributed by atoms with van der Waals surface area (Å²) in [6.45, 7) is 4.67. The van der Waals surface area contributed by atoms with Crippen molar-refractivity contribution < 1.29 is 0 Å². The molecule has 1 aliphatic rings. The first-order chi connectivity index (χ1) is 34.0. The maximum atomic E-state index is 5.47. The highest BCUT2D eigenvalue weighted by atomic mass is 15.0. The van der Waals surface area contributed by atoms with Crippen molar-refractivity contribution in [1.29, 1.82) is 0 Å². The van der Waals surface area contributed by atoms with Crippen molar-refractivity contribution in [2.45, 2.75) is 19.3 Å². The fourth-order valence-electron chi connectivity index (χ4n) is 12.0. The minimum Gasteiger partial charge on any atom is -0.309 e. The molecule has 322 valence electrons. The van der Waals surface area contributed by atoms with Crippen molar-refractivity contribution in [3.63, 3.8) is 0 Å². The summed E-state index contributed by atoms with van der Waals surface area (Å²) in [5.74, 6) is 0. The Morgan fingerprint density at radius 2 is 0.986 bits per heavy atom. The van der Waals surface area contributed by atoms with Crippen LogP contribution in [0.4, 0.5) is 0 Å². The number of benzene rings is 11. The Labute approximate surface area is 398 Å². The zero-order chi connectivity index (χ0) is 45.5. The largest absolute Gasteiger partial charge is 0.309 e. The fraction of sp³-hybridized carbons (Fsp3) is 0.0462. The molecule has 69 heavy (non-hydrogen) atoms. The van der Waals surface area contributed by atoms with Crippen LogP contribution in [-0.4, -0.2) is 19.1 Å². The lowest BCUT2D eigenvalue weighted by atomic mass is 9.81. The van der Waals surface area contributed by atoms with Crippen LogP contribution in [-0.2, 0) is 5.41 Å². The van der Waals surface area contributed by atoms with Crippen LogP contribution in [0, 0.1) is 0 Å². The molecule has 0 saturated heterocycles. The van der Waals surface area contributed by atoms with E-state index < -0.39 is 0 Å². The van der Waals surface area contributed by atoms with Crippen LogP contribution >= 0.6 is 0 Å². The summed E-state index contributed by atoms with van der Waals surface area (Å²) in [5.41, 5.74) is 17.8. The summed E-state index contributed by atoms with van der Waals surface area (Å²) in [5, 5.41) is 12.2. The summed E-state index contributed by atoms with van der Waals surface area (Å²) in [6.07, 6.45) is 0. The summed E-state index contributed by atoms with van der Waals surface area (Å²) in [4.78, 5) is 10.9. The van der Waals surface area contributed by atoms with E-state index in [1.807, 2.05) is 6.07 Å². The van der Waals surface area contributed by atoms with Gasteiger partial charge in [-0.3, -0.25) is 0 Å². The van der Waals surface area contributed by atoms with Crippen LogP contribution < -0.4 is 0 Å². The molecule has 4 heteroatoms. The lowest BCUT2D eigenvalue weighted by molar-refractivity contribution is 0.660. The molecule has 11 aromatic carbocycles. The minimum atomic E-state index is -0.140. The second-order valence-corrected chi connectivity index (χ2v) is 19.3. The number of para-hydroxylation sites is 4. The Morgan fingerprint density at radius 3 is 1.83 bits per heavy atom. The SMILES string of the molecule is CC1(C)c2ccccc2-c2ccc(-c3nc4ccccc4nc3-c3ccc(-n4c5ccccc5c5cc6cc(-n7c8ccccc8c8c9ccccc9ccc87)ccc6cc54)c4ccccc34)cc21. The molecule has 0 atom stereocenters. The lowest BCUT2D eigenvalue weighted by Crippen LogP contribution is -2.15. The Kier molecular flexibility index (Phi) is 7.81. The van der Waals surface area contributed by atoms with Crippen molar-refractivity contribution in [2.75, 3.05) is 0 Å². The number of fused-ring (bicyclic) bond motifs is 14. The molecule has 0 fully saturated rings. The third-order valence-corrected chi connectivity index (χ3v) is 15.3. The molecule has 15 rings (SSSR count). The number of hydrogen-bond donors (Lipinski definition) is 0. The van der Waals surface area contributed by atoms with Gasteiger partial charge in [-0.25, -0.2) is 9.97 Å². The second-order valence-electron chi connectivity index (χ2n) is 19.3. The number of nitrogens with zero attached hydrogens (tertiary/aromatic N) is 4. The lowest BCUT2D eigenvalue weighted by Gasteiger charge is -2.22. The zero-order valence-corrected chi connectivity index (χ0v) is 38.1. The maximum absolute atomic E-state index is 5.47. The van der Waals surface area contributed by atoms with E-state index in [1.54, 1.807) is 0 Å². The van der Waals surface area contributed by atoms with Crippen LogP contribution in [0.5, 0.6) is 0 Å². The van der Waals surface area contributed by atoms with E-state index in [0.29, 0.717) is 0 Å². The first-order valence-corrected chi connectivity index (χ1v) is 23.9. The molecule has 0 aliphatic heterocycles. The molecule has 0 N–H and O–H groups in total. The normalized spacial score (nSPS) is 13.2. The number of rotatable bonds is 4. The van der Waals surface area contributed by atoms with Crippen LogP contribution in [0.1, 0.15) is 25.0 Å². The number of aromatic nitrogens is 4. The smallest absolute Gasteiger partial charge is 0.0979 e.